The Kier molecular flexibility index (Phi) is 3.29. The van der Waals surface area contributed by atoms with Gasteiger partial charge in [0.25, 0.3) is 0 Å². The van der Waals surface area contributed by atoms with Crippen LogP contribution in [0, 0.1) is 6.92 Å². The number of amides is 1. The van der Waals surface area contributed by atoms with Crippen LogP contribution in [0.1, 0.15) is 15.9 Å². The van der Waals surface area contributed by atoms with Crippen LogP contribution in [0.3, 0.4) is 0 Å². The van der Waals surface area contributed by atoms with E-state index in [2.05, 4.69) is 15.9 Å². The molecule has 0 unspecified atom stereocenters. The van der Waals surface area contributed by atoms with Gasteiger partial charge in [-0.3, -0.25) is 4.79 Å². The summed E-state index contributed by atoms with van der Waals surface area (Å²) in [5.74, 6) is -0.403. The number of carbonyl (C=O) groups excluding carboxylic acids is 1. The van der Waals surface area contributed by atoms with E-state index in [0.29, 0.717) is 5.56 Å². The van der Waals surface area contributed by atoms with Crippen LogP contribution in [-0.4, -0.2) is 5.91 Å². The van der Waals surface area contributed by atoms with Crippen molar-refractivity contribution in [3.63, 3.8) is 0 Å². The van der Waals surface area contributed by atoms with Crippen molar-refractivity contribution >= 4 is 21.8 Å². The maximum atomic E-state index is 11.4. The first-order valence-corrected chi connectivity index (χ1v) is 6.05. The Morgan fingerprint density at radius 1 is 1.06 bits per heavy atom. The smallest absolute Gasteiger partial charge is 0.249 e. The predicted molar refractivity (Wildman–Crippen MR) is 72.8 cm³/mol. The van der Waals surface area contributed by atoms with Crippen LogP contribution >= 0.6 is 15.9 Å². The van der Waals surface area contributed by atoms with E-state index in [0.717, 1.165) is 21.2 Å². The number of hydrogen-bond donors (Lipinski definition) is 1. The molecule has 0 aliphatic carbocycles. The fourth-order valence-electron chi connectivity index (χ4n) is 1.83. The molecule has 0 aromatic heterocycles. The van der Waals surface area contributed by atoms with Gasteiger partial charge < -0.3 is 5.73 Å². The number of benzene rings is 2. The lowest BCUT2D eigenvalue weighted by atomic mass is 9.96. The van der Waals surface area contributed by atoms with E-state index in [9.17, 15) is 4.79 Å². The molecule has 3 heteroatoms. The summed E-state index contributed by atoms with van der Waals surface area (Å²) in [6.07, 6.45) is 0. The molecule has 2 rings (SSSR count). The first-order valence-electron chi connectivity index (χ1n) is 5.25. The van der Waals surface area contributed by atoms with Crippen molar-refractivity contribution in [3.05, 3.63) is 58.1 Å². The second-order valence-electron chi connectivity index (χ2n) is 3.82. The van der Waals surface area contributed by atoms with Crippen LogP contribution in [-0.2, 0) is 0 Å². The van der Waals surface area contributed by atoms with E-state index >= 15 is 0 Å². The van der Waals surface area contributed by atoms with E-state index in [1.165, 1.54) is 0 Å². The van der Waals surface area contributed by atoms with E-state index in [1.807, 2.05) is 43.3 Å². The van der Waals surface area contributed by atoms with E-state index in [1.54, 1.807) is 6.07 Å². The molecular weight excluding hydrogens is 278 g/mol. The molecule has 2 N–H and O–H groups in total. The summed E-state index contributed by atoms with van der Waals surface area (Å²) in [5.41, 5.74) is 8.93. The third-order valence-corrected chi connectivity index (χ3v) is 3.61. The Labute approximate surface area is 109 Å². The van der Waals surface area contributed by atoms with Crippen molar-refractivity contribution in [1.29, 1.82) is 0 Å². The van der Waals surface area contributed by atoms with Crippen LogP contribution in [0.4, 0.5) is 0 Å². The SMILES string of the molecule is Cc1c(Br)cccc1-c1ccccc1C(N)=O. The van der Waals surface area contributed by atoms with Crippen molar-refractivity contribution in [3.8, 4) is 11.1 Å². The van der Waals surface area contributed by atoms with Gasteiger partial charge in [0, 0.05) is 10.0 Å². The van der Waals surface area contributed by atoms with Gasteiger partial charge in [0.05, 0.1) is 0 Å². The van der Waals surface area contributed by atoms with Gasteiger partial charge in [-0.15, -0.1) is 0 Å². The van der Waals surface area contributed by atoms with E-state index in [4.69, 9.17) is 5.73 Å². The molecule has 0 spiro atoms. The normalized spacial score (nSPS) is 10.2. The summed E-state index contributed by atoms with van der Waals surface area (Å²) >= 11 is 3.49. The maximum absolute atomic E-state index is 11.4. The van der Waals surface area contributed by atoms with Gasteiger partial charge in [-0.25, -0.2) is 0 Å². The summed E-state index contributed by atoms with van der Waals surface area (Å²) in [4.78, 5) is 11.4. The Hall–Kier alpha value is -1.61. The molecule has 0 saturated carbocycles. The largest absolute Gasteiger partial charge is 0.366 e. The fraction of sp³-hybridized carbons (Fsp3) is 0.0714. The number of carbonyl (C=O) groups is 1. The molecule has 0 bridgehead atoms. The van der Waals surface area contributed by atoms with Gasteiger partial charge in [-0.1, -0.05) is 46.3 Å². The lowest BCUT2D eigenvalue weighted by molar-refractivity contribution is 0.100. The van der Waals surface area contributed by atoms with E-state index in [-0.39, 0.29) is 0 Å². The minimum absolute atomic E-state index is 0.403. The lowest BCUT2D eigenvalue weighted by Gasteiger charge is -2.10. The highest BCUT2D eigenvalue weighted by Crippen LogP contribution is 2.30. The van der Waals surface area contributed by atoms with Gasteiger partial charge in [-0.2, -0.15) is 0 Å². The molecule has 0 aliphatic rings. The van der Waals surface area contributed by atoms with E-state index < -0.39 is 5.91 Å². The molecular formula is C14H12BrNO. The van der Waals surface area contributed by atoms with Gasteiger partial charge >= 0.3 is 0 Å². The molecule has 1 amide bonds. The number of nitrogens with two attached hydrogens (primary N) is 1. The Balaban J connectivity index is 2.69. The summed E-state index contributed by atoms with van der Waals surface area (Å²) in [6.45, 7) is 2.01. The average Bonchev–Trinajstić information content (AvgIpc) is 2.33. The number of hydrogen-bond acceptors (Lipinski definition) is 1. The molecule has 0 fully saturated rings. The molecule has 0 heterocycles. The summed E-state index contributed by atoms with van der Waals surface area (Å²) in [6, 6.07) is 13.3. The topological polar surface area (TPSA) is 43.1 Å². The standard InChI is InChI=1S/C14H12BrNO/c1-9-10(7-4-8-13(9)15)11-5-2-3-6-12(11)14(16)17/h2-8H,1H3,(H2,16,17). The van der Waals surface area contributed by atoms with Gasteiger partial charge in [0.15, 0.2) is 0 Å². The predicted octanol–water partition coefficient (Wildman–Crippen LogP) is 3.52. The van der Waals surface area contributed by atoms with Crippen molar-refractivity contribution in [1.82, 2.24) is 0 Å². The third kappa shape index (κ3) is 2.24. The zero-order valence-corrected chi connectivity index (χ0v) is 11.0. The van der Waals surface area contributed by atoms with Crippen LogP contribution in [0.15, 0.2) is 46.9 Å². The third-order valence-electron chi connectivity index (χ3n) is 2.75. The van der Waals surface area contributed by atoms with Crippen LogP contribution in [0.25, 0.3) is 11.1 Å². The number of primary amides is 1. The lowest BCUT2D eigenvalue weighted by Crippen LogP contribution is -2.12. The van der Waals surface area contributed by atoms with Crippen molar-refractivity contribution in [2.24, 2.45) is 5.73 Å². The minimum Gasteiger partial charge on any atom is -0.366 e. The molecule has 86 valence electrons. The van der Waals surface area contributed by atoms with Gasteiger partial charge in [0.1, 0.15) is 0 Å². The van der Waals surface area contributed by atoms with Crippen molar-refractivity contribution in [2.45, 2.75) is 6.92 Å². The zero-order valence-electron chi connectivity index (χ0n) is 9.41. The van der Waals surface area contributed by atoms with Gasteiger partial charge in [-0.05, 0) is 35.7 Å². The molecule has 0 saturated heterocycles. The second kappa shape index (κ2) is 4.72. The number of halogens is 1. The molecule has 17 heavy (non-hydrogen) atoms. The van der Waals surface area contributed by atoms with Crippen LogP contribution in [0.2, 0.25) is 0 Å². The summed E-state index contributed by atoms with van der Waals surface area (Å²) < 4.78 is 1.02. The molecule has 2 aromatic rings. The maximum Gasteiger partial charge on any atom is 0.249 e. The molecule has 0 radical (unpaired) electrons. The highest BCUT2D eigenvalue weighted by atomic mass is 79.9. The monoisotopic (exact) mass is 289 g/mol. The average molecular weight is 290 g/mol. The number of rotatable bonds is 2. The Morgan fingerprint density at radius 2 is 1.71 bits per heavy atom. The highest BCUT2D eigenvalue weighted by molar-refractivity contribution is 9.10. The molecule has 2 aromatic carbocycles. The Bertz CT molecular complexity index is 578. The first-order chi connectivity index (χ1) is 8.11. The fourth-order valence-corrected chi connectivity index (χ4v) is 2.20. The quantitative estimate of drug-likeness (QED) is 0.903. The minimum atomic E-state index is -0.403. The van der Waals surface area contributed by atoms with Gasteiger partial charge in [0.2, 0.25) is 5.91 Å². The Morgan fingerprint density at radius 3 is 2.41 bits per heavy atom. The van der Waals surface area contributed by atoms with Crippen LogP contribution in [0.5, 0.6) is 0 Å². The highest BCUT2D eigenvalue weighted by Gasteiger charge is 2.11. The first kappa shape index (κ1) is 11.9. The molecule has 0 atom stereocenters. The van der Waals surface area contributed by atoms with Crippen LogP contribution < -0.4 is 5.73 Å². The molecule has 0 aliphatic heterocycles. The van der Waals surface area contributed by atoms with Crippen molar-refractivity contribution in [2.75, 3.05) is 0 Å². The summed E-state index contributed by atoms with van der Waals surface area (Å²) in [5, 5.41) is 0. The second-order valence-corrected chi connectivity index (χ2v) is 4.68. The summed E-state index contributed by atoms with van der Waals surface area (Å²) in [7, 11) is 0. The van der Waals surface area contributed by atoms with Crippen molar-refractivity contribution < 1.29 is 4.79 Å². The molecule has 2 nitrogen and oxygen atoms in total. The zero-order chi connectivity index (χ0) is 12.4.